The zero-order valence-corrected chi connectivity index (χ0v) is 14.4. The molecule has 1 heterocycles. The molecule has 1 aliphatic carbocycles. The normalized spacial score (nSPS) is 27.6. The van der Waals surface area contributed by atoms with E-state index in [1.54, 1.807) is 6.08 Å². The fraction of sp³-hybridized carbons (Fsp3) is 0.500. The number of amides is 1. The van der Waals surface area contributed by atoms with E-state index in [1.165, 1.54) is 7.11 Å². The average Bonchev–Trinajstić information content (AvgIpc) is 3.11. The first-order valence-electron chi connectivity index (χ1n) is 8.74. The van der Waals surface area contributed by atoms with Crippen LogP contribution < -0.4 is 0 Å². The summed E-state index contributed by atoms with van der Waals surface area (Å²) < 4.78 is 5.30. The van der Waals surface area contributed by atoms with Crippen molar-refractivity contribution in [3.8, 4) is 0 Å². The molecule has 128 valence electrons. The maximum atomic E-state index is 13.0. The summed E-state index contributed by atoms with van der Waals surface area (Å²) in [4.78, 5) is 27.5. The maximum absolute atomic E-state index is 13.0. The number of likely N-dealkylation sites (tertiary alicyclic amines) is 1. The number of methoxy groups -OCH3 is 1. The highest BCUT2D eigenvalue weighted by Crippen LogP contribution is 2.39. The first kappa shape index (κ1) is 16.7. The largest absolute Gasteiger partial charge is 0.493 e. The summed E-state index contributed by atoms with van der Waals surface area (Å²) in [6, 6.07) is 10.0. The molecular weight excluding hydrogens is 302 g/mol. The second kappa shape index (κ2) is 7.20. The zero-order chi connectivity index (χ0) is 17.1. The molecule has 1 aromatic carbocycles. The second-order valence-electron chi connectivity index (χ2n) is 6.80. The van der Waals surface area contributed by atoms with Crippen LogP contribution in [-0.2, 0) is 14.3 Å². The predicted octanol–water partition coefficient (Wildman–Crippen LogP) is 3.15. The van der Waals surface area contributed by atoms with Crippen LogP contribution in [-0.4, -0.2) is 36.8 Å². The Balaban J connectivity index is 1.95. The van der Waals surface area contributed by atoms with E-state index < -0.39 is 0 Å². The number of ether oxygens (including phenoxy) is 1. The van der Waals surface area contributed by atoms with Crippen molar-refractivity contribution in [3.05, 3.63) is 47.7 Å². The van der Waals surface area contributed by atoms with Gasteiger partial charge in [-0.1, -0.05) is 37.3 Å². The number of carbonyl (C=O) groups is 2. The molecule has 0 spiro atoms. The molecule has 1 amide bonds. The van der Waals surface area contributed by atoms with Gasteiger partial charge in [-0.15, -0.1) is 0 Å². The van der Waals surface area contributed by atoms with Crippen LogP contribution in [0.1, 0.15) is 37.7 Å². The fourth-order valence-corrected chi connectivity index (χ4v) is 3.89. The van der Waals surface area contributed by atoms with Gasteiger partial charge in [-0.3, -0.25) is 9.59 Å². The molecule has 0 unspecified atom stereocenters. The number of Topliss-reactive ketones (excluding diaryl/α,β-unsaturated/α-hetero) is 1. The summed E-state index contributed by atoms with van der Waals surface area (Å²) in [5.74, 6) is 0.212. The average molecular weight is 327 g/mol. The van der Waals surface area contributed by atoms with E-state index in [0.717, 1.165) is 31.5 Å². The summed E-state index contributed by atoms with van der Waals surface area (Å²) in [7, 11) is 1.51. The Morgan fingerprint density at radius 3 is 2.46 bits per heavy atom. The number of hydrogen-bond acceptors (Lipinski definition) is 3. The van der Waals surface area contributed by atoms with Gasteiger partial charge in [0.15, 0.2) is 11.5 Å². The predicted molar refractivity (Wildman–Crippen MR) is 92.4 cm³/mol. The smallest absolute Gasteiger partial charge is 0.229 e. The molecule has 0 N–H and O–H groups in total. The highest BCUT2D eigenvalue weighted by molar-refractivity contribution is 5.96. The van der Waals surface area contributed by atoms with Crippen LogP contribution in [0.25, 0.3) is 0 Å². The van der Waals surface area contributed by atoms with Crippen molar-refractivity contribution in [2.24, 2.45) is 11.8 Å². The number of carbonyl (C=O) groups excluding carboxylic acids is 2. The monoisotopic (exact) mass is 327 g/mol. The highest BCUT2D eigenvalue weighted by Gasteiger charge is 2.38. The summed E-state index contributed by atoms with van der Waals surface area (Å²) in [6.07, 6.45) is 4.27. The molecule has 2 aliphatic rings. The summed E-state index contributed by atoms with van der Waals surface area (Å²) in [6.45, 7) is 3.73. The standard InChI is InChI=1S/C20H25NO3/c1-14-16(15-8-4-3-5-9-15)12-18(22)19(24-2)13-17(14)20(23)21-10-6-7-11-21/h3-5,8-9,13-14,16-17H,6-7,10-12H2,1-2H3/t14-,16+,17+/m1/s1. The molecule has 24 heavy (non-hydrogen) atoms. The van der Waals surface area contributed by atoms with Crippen molar-refractivity contribution >= 4 is 11.7 Å². The van der Waals surface area contributed by atoms with Crippen LogP contribution in [0.3, 0.4) is 0 Å². The molecule has 0 bridgehead atoms. The van der Waals surface area contributed by atoms with Crippen LogP contribution in [0, 0.1) is 11.8 Å². The fourth-order valence-electron chi connectivity index (χ4n) is 3.89. The van der Waals surface area contributed by atoms with Crippen molar-refractivity contribution < 1.29 is 14.3 Å². The van der Waals surface area contributed by atoms with Crippen LogP contribution in [0.4, 0.5) is 0 Å². The number of benzene rings is 1. The Morgan fingerprint density at radius 1 is 1.17 bits per heavy atom. The van der Waals surface area contributed by atoms with Crippen LogP contribution >= 0.6 is 0 Å². The molecule has 4 nitrogen and oxygen atoms in total. The quantitative estimate of drug-likeness (QED) is 0.857. The molecule has 0 radical (unpaired) electrons. The molecule has 3 atom stereocenters. The van der Waals surface area contributed by atoms with Gasteiger partial charge in [0, 0.05) is 19.5 Å². The first-order chi connectivity index (χ1) is 11.6. The van der Waals surface area contributed by atoms with Crippen molar-refractivity contribution in [2.45, 2.75) is 32.1 Å². The number of rotatable bonds is 3. The van der Waals surface area contributed by atoms with E-state index in [9.17, 15) is 9.59 Å². The third kappa shape index (κ3) is 3.23. The molecule has 0 aromatic heterocycles. The number of ketones is 1. The molecule has 0 saturated carbocycles. The Hall–Kier alpha value is -2.10. The maximum Gasteiger partial charge on any atom is 0.229 e. The first-order valence-corrected chi connectivity index (χ1v) is 8.74. The number of hydrogen-bond donors (Lipinski definition) is 0. The van der Waals surface area contributed by atoms with Crippen LogP contribution in [0.2, 0.25) is 0 Å². The van der Waals surface area contributed by atoms with Gasteiger partial charge in [0.05, 0.1) is 13.0 Å². The van der Waals surface area contributed by atoms with Gasteiger partial charge in [-0.2, -0.15) is 0 Å². The molecule has 4 heteroatoms. The Labute approximate surface area is 143 Å². The van der Waals surface area contributed by atoms with E-state index in [1.807, 2.05) is 35.2 Å². The lowest BCUT2D eigenvalue weighted by Crippen LogP contribution is -2.37. The van der Waals surface area contributed by atoms with Gasteiger partial charge in [-0.05, 0) is 36.3 Å². The minimum absolute atomic E-state index is 0.0186. The highest BCUT2D eigenvalue weighted by atomic mass is 16.5. The Kier molecular flexibility index (Phi) is 5.03. The topological polar surface area (TPSA) is 46.6 Å². The summed E-state index contributed by atoms with van der Waals surface area (Å²) in [5, 5.41) is 0. The van der Waals surface area contributed by atoms with Gasteiger partial charge < -0.3 is 9.64 Å². The minimum Gasteiger partial charge on any atom is -0.493 e. The van der Waals surface area contributed by atoms with E-state index >= 15 is 0 Å². The van der Waals surface area contributed by atoms with Crippen molar-refractivity contribution in [2.75, 3.05) is 20.2 Å². The second-order valence-corrected chi connectivity index (χ2v) is 6.80. The summed E-state index contributed by atoms with van der Waals surface area (Å²) >= 11 is 0. The molecule has 1 fully saturated rings. The van der Waals surface area contributed by atoms with E-state index in [4.69, 9.17) is 4.74 Å². The van der Waals surface area contributed by atoms with Gasteiger partial charge in [0.25, 0.3) is 0 Å². The van der Waals surface area contributed by atoms with Crippen molar-refractivity contribution in [3.63, 3.8) is 0 Å². The third-order valence-electron chi connectivity index (χ3n) is 5.36. The van der Waals surface area contributed by atoms with Gasteiger partial charge in [0.1, 0.15) is 0 Å². The third-order valence-corrected chi connectivity index (χ3v) is 5.36. The molecule has 1 saturated heterocycles. The van der Waals surface area contributed by atoms with Gasteiger partial charge >= 0.3 is 0 Å². The Bertz CT molecular complexity index is 632. The van der Waals surface area contributed by atoms with Crippen LogP contribution in [0.15, 0.2) is 42.2 Å². The van der Waals surface area contributed by atoms with E-state index in [2.05, 4.69) is 6.92 Å². The Morgan fingerprint density at radius 2 is 1.83 bits per heavy atom. The van der Waals surface area contributed by atoms with Crippen molar-refractivity contribution in [1.82, 2.24) is 4.90 Å². The lowest BCUT2D eigenvalue weighted by atomic mass is 9.77. The minimum atomic E-state index is -0.310. The van der Waals surface area contributed by atoms with Gasteiger partial charge in [0.2, 0.25) is 5.91 Å². The van der Waals surface area contributed by atoms with Gasteiger partial charge in [-0.25, -0.2) is 0 Å². The molecular formula is C20H25NO3. The lowest BCUT2D eigenvalue weighted by molar-refractivity contribution is -0.134. The molecule has 3 rings (SSSR count). The van der Waals surface area contributed by atoms with Crippen LogP contribution in [0.5, 0.6) is 0 Å². The number of nitrogens with zero attached hydrogens (tertiary/aromatic N) is 1. The summed E-state index contributed by atoms with van der Waals surface area (Å²) in [5.41, 5.74) is 1.11. The number of allylic oxidation sites excluding steroid dienone is 1. The van der Waals surface area contributed by atoms with E-state index in [-0.39, 0.29) is 29.4 Å². The lowest BCUT2D eigenvalue weighted by Gasteiger charge is -2.29. The molecule has 1 aromatic rings. The van der Waals surface area contributed by atoms with Crippen molar-refractivity contribution in [1.29, 1.82) is 0 Å². The zero-order valence-electron chi connectivity index (χ0n) is 14.4. The SMILES string of the molecule is COC1=C[C@H](C(=O)N2CCCC2)[C@H](C)[C@@H](c2ccccc2)CC1=O. The van der Waals surface area contributed by atoms with E-state index in [0.29, 0.717) is 12.2 Å². The molecule has 1 aliphatic heterocycles.